The molecule has 1 fully saturated rings. The number of nitrogens with one attached hydrogen (secondary N) is 1. The van der Waals surface area contributed by atoms with Crippen molar-refractivity contribution in [1.29, 1.82) is 0 Å². The average molecular weight is 232 g/mol. The standard InChI is InChI=1S/C12H22ClNO/c1-8-5-4-6-11(7-8)12(15)14-10(3)9(2)13/h8-11H,4-7H2,1-3H3,(H,14,15). The SMILES string of the molecule is CC1CCCC(C(=O)NC(C)C(C)Cl)C1. The maximum Gasteiger partial charge on any atom is 0.223 e. The van der Waals surface area contributed by atoms with Gasteiger partial charge in [-0.15, -0.1) is 11.6 Å². The van der Waals surface area contributed by atoms with E-state index in [-0.39, 0.29) is 23.2 Å². The van der Waals surface area contributed by atoms with Crippen LogP contribution >= 0.6 is 11.6 Å². The second-order valence-corrected chi connectivity index (χ2v) is 5.63. The van der Waals surface area contributed by atoms with Gasteiger partial charge >= 0.3 is 0 Å². The average Bonchev–Trinajstić information content (AvgIpc) is 2.17. The van der Waals surface area contributed by atoms with Gasteiger partial charge in [0, 0.05) is 12.0 Å². The van der Waals surface area contributed by atoms with Gasteiger partial charge in [0.2, 0.25) is 5.91 Å². The highest BCUT2D eigenvalue weighted by atomic mass is 35.5. The van der Waals surface area contributed by atoms with Gasteiger partial charge in [0.25, 0.3) is 0 Å². The molecule has 4 unspecified atom stereocenters. The normalized spacial score (nSPS) is 30.7. The van der Waals surface area contributed by atoms with Crippen molar-refractivity contribution in [3.8, 4) is 0 Å². The summed E-state index contributed by atoms with van der Waals surface area (Å²) < 4.78 is 0. The van der Waals surface area contributed by atoms with Crippen molar-refractivity contribution < 1.29 is 4.79 Å². The Morgan fingerprint density at radius 1 is 1.40 bits per heavy atom. The molecule has 4 atom stereocenters. The summed E-state index contributed by atoms with van der Waals surface area (Å²) >= 11 is 5.93. The summed E-state index contributed by atoms with van der Waals surface area (Å²) in [6.45, 7) is 6.10. The number of hydrogen-bond donors (Lipinski definition) is 1. The first-order valence-corrected chi connectivity index (χ1v) is 6.38. The van der Waals surface area contributed by atoms with Crippen LogP contribution in [-0.2, 0) is 4.79 Å². The van der Waals surface area contributed by atoms with Gasteiger partial charge in [-0.1, -0.05) is 19.8 Å². The van der Waals surface area contributed by atoms with Crippen LogP contribution in [0.25, 0.3) is 0 Å². The first-order valence-electron chi connectivity index (χ1n) is 5.95. The second kappa shape index (κ2) is 5.74. The van der Waals surface area contributed by atoms with Crippen molar-refractivity contribution in [2.24, 2.45) is 11.8 Å². The Kier molecular flexibility index (Phi) is 4.91. The van der Waals surface area contributed by atoms with Crippen molar-refractivity contribution in [1.82, 2.24) is 5.32 Å². The van der Waals surface area contributed by atoms with E-state index in [0.29, 0.717) is 5.92 Å². The molecule has 1 aliphatic carbocycles. The largest absolute Gasteiger partial charge is 0.352 e. The van der Waals surface area contributed by atoms with E-state index in [4.69, 9.17) is 11.6 Å². The van der Waals surface area contributed by atoms with Gasteiger partial charge in [0.1, 0.15) is 0 Å². The number of carbonyl (C=O) groups is 1. The van der Waals surface area contributed by atoms with E-state index >= 15 is 0 Å². The highest BCUT2D eigenvalue weighted by molar-refractivity contribution is 6.20. The number of amides is 1. The third-order valence-electron chi connectivity index (χ3n) is 3.37. The van der Waals surface area contributed by atoms with E-state index in [1.165, 1.54) is 12.8 Å². The smallest absolute Gasteiger partial charge is 0.223 e. The Balaban J connectivity index is 2.39. The van der Waals surface area contributed by atoms with Gasteiger partial charge < -0.3 is 5.32 Å². The molecule has 1 aliphatic rings. The van der Waals surface area contributed by atoms with Crippen LogP contribution in [0.15, 0.2) is 0 Å². The molecule has 0 aromatic carbocycles. The molecule has 0 radical (unpaired) electrons. The maximum absolute atomic E-state index is 11.9. The van der Waals surface area contributed by atoms with E-state index in [2.05, 4.69) is 12.2 Å². The Morgan fingerprint density at radius 3 is 2.60 bits per heavy atom. The second-order valence-electron chi connectivity index (χ2n) is 4.94. The van der Waals surface area contributed by atoms with Gasteiger partial charge in [-0.25, -0.2) is 0 Å². The minimum Gasteiger partial charge on any atom is -0.352 e. The molecular formula is C12H22ClNO. The van der Waals surface area contributed by atoms with Gasteiger partial charge in [0.05, 0.1) is 5.38 Å². The van der Waals surface area contributed by atoms with Crippen molar-refractivity contribution in [2.75, 3.05) is 0 Å². The topological polar surface area (TPSA) is 29.1 Å². The molecule has 0 aromatic heterocycles. The highest BCUT2D eigenvalue weighted by Gasteiger charge is 2.26. The number of carbonyl (C=O) groups excluding carboxylic acids is 1. The summed E-state index contributed by atoms with van der Waals surface area (Å²) in [4.78, 5) is 11.9. The van der Waals surface area contributed by atoms with E-state index in [1.54, 1.807) is 0 Å². The zero-order valence-electron chi connectivity index (χ0n) is 9.92. The zero-order valence-corrected chi connectivity index (χ0v) is 10.7. The summed E-state index contributed by atoms with van der Waals surface area (Å²) in [7, 11) is 0. The monoisotopic (exact) mass is 231 g/mol. The van der Waals surface area contributed by atoms with Crippen LogP contribution in [0.4, 0.5) is 0 Å². The molecule has 15 heavy (non-hydrogen) atoms. The molecule has 1 rings (SSSR count). The predicted octanol–water partition coefficient (Wildman–Crippen LogP) is 2.94. The van der Waals surface area contributed by atoms with E-state index in [1.807, 2.05) is 13.8 Å². The van der Waals surface area contributed by atoms with Crippen LogP contribution in [0.2, 0.25) is 0 Å². The predicted molar refractivity (Wildman–Crippen MR) is 64.0 cm³/mol. The third kappa shape index (κ3) is 4.02. The van der Waals surface area contributed by atoms with Crippen molar-refractivity contribution in [3.63, 3.8) is 0 Å². The summed E-state index contributed by atoms with van der Waals surface area (Å²) in [5.74, 6) is 1.10. The van der Waals surface area contributed by atoms with Crippen LogP contribution in [0.1, 0.15) is 46.5 Å². The highest BCUT2D eigenvalue weighted by Crippen LogP contribution is 2.28. The third-order valence-corrected chi connectivity index (χ3v) is 3.74. The Bertz CT molecular complexity index is 218. The molecule has 1 amide bonds. The van der Waals surface area contributed by atoms with Crippen LogP contribution in [-0.4, -0.2) is 17.3 Å². The fourth-order valence-electron chi connectivity index (χ4n) is 2.13. The molecular weight excluding hydrogens is 210 g/mol. The van der Waals surface area contributed by atoms with Crippen LogP contribution < -0.4 is 5.32 Å². The first-order chi connectivity index (χ1) is 7.00. The van der Waals surface area contributed by atoms with Gasteiger partial charge in [0.15, 0.2) is 0 Å². The van der Waals surface area contributed by atoms with Crippen LogP contribution in [0.5, 0.6) is 0 Å². The van der Waals surface area contributed by atoms with Gasteiger partial charge in [-0.2, -0.15) is 0 Å². The summed E-state index contributed by atoms with van der Waals surface area (Å²) in [5.41, 5.74) is 0. The first kappa shape index (κ1) is 12.8. The molecule has 0 saturated heterocycles. The fraction of sp³-hybridized carbons (Fsp3) is 0.917. The van der Waals surface area contributed by atoms with Gasteiger partial charge in [-0.3, -0.25) is 4.79 Å². The fourth-order valence-corrected chi connectivity index (χ4v) is 2.19. The van der Waals surface area contributed by atoms with E-state index < -0.39 is 0 Å². The lowest BCUT2D eigenvalue weighted by Gasteiger charge is -2.27. The Hall–Kier alpha value is -0.240. The molecule has 1 N–H and O–H groups in total. The van der Waals surface area contributed by atoms with E-state index in [9.17, 15) is 4.79 Å². The molecule has 0 heterocycles. The lowest BCUT2D eigenvalue weighted by molar-refractivity contribution is -0.127. The van der Waals surface area contributed by atoms with Crippen molar-refractivity contribution in [3.05, 3.63) is 0 Å². The lowest BCUT2D eigenvalue weighted by atomic mass is 9.82. The minimum absolute atomic E-state index is 0.00466. The molecule has 3 heteroatoms. The van der Waals surface area contributed by atoms with Crippen LogP contribution in [0.3, 0.4) is 0 Å². The molecule has 0 bridgehead atoms. The molecule has 0 aromatic rings. The Morgan fingerprint density at radius 2 is 2.07 bits per heavy atom. The molecule has 2 nitrogen and oxygen atoms in total. The van der Waals surface area contributed by atoms with E-state index in [0.717, 1.165) is 12.8 Å². The maximum atomic E-state index is 11.9. The number of halogens is 1. The number of rotatable bonds is 3. The zero-order chi connectivity index (χ0) is 11.4. The molecule has 0 spiro atoms. The summed E-state index contributed by atoms with van der Waals surface area (Å²) in [6, 6.07) is 0.0661. The lowest BCUT2D eigenvalue weighted by Crippen LogP contribution is -2.42. The summed E-state index contributed by atoms with van der Waals surface area (Å²) in [5, 5.41) is 2.99. The van der Waals surface area contributed by atoms with Crippen molar-refractivity contribution in [2.45, 2.75) is 57.9 Å². The number of alkyl halides is 1. The number of hydrogen-bond acceptors (Lipinski definition) is 1. The van der Waals surface area contributed by atoms with Gasteiger partial charge in [-0.05, 0) is 32.6 Å². The van der Waals surface area contributed by atoms with Crippen LogP contribution in [0, 0.1) is 11.8 Å². The molecule has 88 valence electrons. The minimum atomic E-state index is -0.00466. The quantitative estimate of drug-likeness (QED) is 0.744. The molecule has 1 saturated carbocycles. The summed E-state index contributed by atoms with van der Waals surface area (Å²) in [6.07, 6.45) is 4.53. The Labute approximate surface area is 97.8 Å². The van der Waals surface area contributed by atoms with Crippen molar-refractivity contribution >= 4 is 17.5 Å². The molecule has 0 aliphatic heterocycles.